The molecule has 2 aromatic carbocycles. The first-order chi connectivity index (χ1) is 13.7. The van der Waals surface area contributed by atoms with Gasteiger partial charge in [0.05, 0.1) is 0 Å². The van der Waals surface area contributed by atoms with Gasteiger partial charge in [0.2, 0.25) is 0 Å². The fourth-order valence-corrected chi connectivity index (χ4v) is 5.32. The molecule has 2 aliphatic carbocycles. The second kappa shape index (κ2) is 7.38. The Morgan fingerprint density at radius 2 is 1.93 bits per heavy atom. The summed E-state index contributed by atoms with van der Waals surface area (Å²) in [5.74, 6) is 2.29. The first kappa shape index (κ1) is 18.0. The van der Waals surface area contributed by atoms with Gasteiger partial charge in [-0.05, 0) is 59.4 Å². The third kappa shape index (κ3) is 3.27. The van der Waals surface area contributed by atoms with Crippen molar-refractivity contribution in [2.45, 2.75) is 18.8 Å². The van der Waals surface area contributed by atoms with Crippen molar-refractivity contribution in [3.05, 3.63) is 76.3 Å². The van der Waals surface area contributed by atoms with Gasteiger partial charge in [-0.1, -0.05) is 54.1 Å². The standard InChI is InChI=1S/C24H25ClN2O/c25-19-8-5-17(6-9-19)22-13-18-14-27(15-23(18)22)12-11-26-24(28)21-10-7-16-3-1-2-4-20(16)21/h1-6,8-10,18,22-23H,7,11-15H2,(H,26,28). The molecule has 3 aliphatic rings. The zero-order valence-corrected chi connectivity index (χ0v) is 16.7. The summed E-state index contributed by atoms with van der Waals surface area (Å²) < 4.78 is 0. The minimum atomic E-state index is 0.0613. The van der Waals surface area contributed by atoms with E-state index in [1.165, 1.54) is 17.5 Å². The maximum Gasteiger partial charge on any atom is 0.251 e. The number of hydrogen-bond acceptors (Lipinski definition) is 2. The van der Waals surface area contributed by atoms with Crippen LogP contribution < -0.4 is 5.32 Å². The van der Waals surface area contributed by atoms with Gasteiger partial charge in [0, 0.05) is 36.8 Å². The number of nitrogens with one attached hydrogen (secondary N) is 1. The Kier molecular flexibility index (Phi) is 4.73. The van der Waals surface area contributed by atoms with Crippen molar-refractivity contribution in [3.63, 3.8) is 0 Å². The number of likely N-dealkylation sites (tertiary alicyclic amines) is 1. The van der Waals surface area contributed by atoms with Crippen LogP contribution in [0.3, 0.4) is 0 Å². The molecular formula is C24H25ClN2O. The van der Waals surface area contributed by atoms with E-state index in [0.717, 1.165) is 54.1 Å². The lowest BCUT2D eigenvalue weighted by molar-refractivity contribution is -0.115. The van der Waals surface area contributed by atoms with Crippen LogP contribution in [0.1, 0.15) is 29.0 Å². The molecule has 1 saturated heterocycles. The highest BCUT2D eigenvalue weighted by molar-refractivity contribution is 6.30. The molecule has 1 N–H and O–H groups in total. The Morgan fingerprint density at radius 1 is 1.11 bits per heavy atom. The lowest BCUT2D eigenvalue weighted by Crippen LogP contribution is -2.34. The van der Waals surface area contributed by atoms with Crippen LogP contribution in [0.2, 0.25) is 5.02 Å². The van der Waals surface area contributed by atoms with Gasteiger partial charge in [-0.3, -0.25) is 4.79 Å². The summed E-state index contributed by atoms with van der Waals surface area (Å²) in [7, 11) is 0. The van der Waals surface area contributed by atoms with Crippen molar-refractivity contribution in [1.29, 1.82) is 0 Å². The lowest BCUT2D eigenvalue weighted by atomic mass is 9.64. The summed E-state index contributed by atoms with van der Waals surface area (Å²) in [6.45, 7) is 3.94. The quantitative estimate of drug-likeness (QED) is 0.829. The topological polar surface area (TPSA) is 32.3 Å². The first-order valence-electron chi connectivity index (χ1n) is 10.2. The highest BCUT2D eigenvalue weighted by Gasteiger charge is 2.47. The summed E-state index contributed by atoms with van der Waals surface area (Å²) in [4.78, 5) is 15.1. The molecule has 5 rings (SSSR count). The second-order valence-corrected chi connectivity index (χ2v) is 8.75. The molecular weight excluding hydrogens is 368 g/mol. The highest BCUT2D eigenvalue weighted by atomic mass is 35.5. The van der Waals surface area contributed by atoms with Crippen molar-refractivity contribution < 1.29 is 4.79 Å². The monoisotopic (exact) mass is 392 g/mol. The number of allylic oxidation sites excluding steroid dienone is 1. The number of rotatable bonds is 5. The van der Waals surface area contributed by atoms with E-state index in [-0.39, 0.29) is 5.91 Å². The Hall–Kier alpha value is -2.10. The van der Waals surface area contributed by atoms with E-state index in [0.29, 0.717) is 12.5 Å². The highest BCUT2D eigenvalue weighted by Crippen LogP contribution is 2.51. The molecule has 1 saturated carbocycles. The molecule has 3 unspecified atom stereocenters. The van der Waals surface area contributed by atoms with Crippen molar-refractivity contribution >= 4 is 23.1 Å². The van der Waals surface area contributed by atoms with Crippen LogP contribution in [0.25, 0.3) is 5.57 Å². The van der Waals surface area contributed by atoms with Gasteiger partial charge in [-0.15, -0.1) is 0 Å². The minimum Gasteiger partial charge on any atom is -0.351 e. The minimum absolute atomic E-state index is 0.0613. The Balaban J connectivity index is 1.11. The molecule has 144 valence electrons. The maximum absolute atomic E-state index is 12.6. The van der Waals surface area contributed by atoms with E-state index in [1.807, 2.05) is 36.4 Å². The van der Waals surface area contributed by atoms with Gasteiger partial charge in [-0.25, -0.2) is 0 Å². The Bertz CT molecular complexity index is 920. The number of halogens is 1. The SMILES string of the molecule is O=C(NCCN1CC2CC(c3ccc(Cl)cc3)C2C1)C1=CCc2ccccc21. The number of fused-ring (bicyclic) bond motifs is 2. The van der Waals surface area contributed by atoms with Gasteiger partial charge in [0.15, 0.2) is 0 Å². The van der Waals surface area contributed by atoms with E-state index in [2.05, 4.69) is 28.4 Å². The zero-order chi connectivity index (χ0) is 19.1. The summed E-state index contributed by atoms with van der Waals surface area (Å²) >= 11 is 6.02. The number of hydrogen-bond donors (Lipinski definition) is 1. The largest absolute Gasteiger partial charge is 0.351 e. The van der Waals surface area contributed by atoms with Crippen LogP contribution in [-0.4, -0.2) is 37.0 Å². The first-order valence-corrected chi connectivity index (χ1v) is 10.6. The average molecular weight is 393 g/mol. The fourth-order valence-electron chi connectivity index (χ4n) is 5.20. The van der Waals surface area contributed by atoms with E-state index in [4.69, 9.17) is 11.6 Å². The molecule has 0 bridgehead atoms. The molecule has 1 heterocycles. The van der Waals surface area contributed by atoms with E-state index < -0.39 is 0 Å². The summed E-state index contributed by atoms with van der Waals surface area (Å²) in [5.41, 5.74) is 4.59. The maximum atomic E-state index is 12.6. The lowest BCUT2D eigenvalue weighted by Gasteiger charge is -2.40. The van der Waals surface area contributed by atoms with E-state index in [9.17, 15) is 4.79 Å². The number of carbonyl (C=O) groups is 1. The summed E-state index contributed by atoms with van der Waals surface area (Å²) in [5, 5.41) is 3.94. The smallest absolute Gasteiger partial charge is 0.251 e. The van der Waals surface area contributed by atoms with Crippen LogP contribution in [-0.2, 0) is 11.2 Å². The fraction of sp³-hybridized carbons (Fsp3) is 0.375. The van der Waals surface area contributed by atoms with Crippen LogP contribution >= 0.6 is 11.6 Å². The van der Waals surface area contributed by atoms with Gasteiger partial charge in [0.1, 0.15) is 0 Å². The van der Waals surface area contributed by atoms with Gasteiger partial charge in [0.25, 0.3) is 5.91 Å². The molecule has 0 aromatic heterocycles. The van der Waals surface area contributed by atoms with Crippen molar-refractivity contribution in [2.75, 3.05) is 26.2 Å². The van der Waals surface area contributed by atoms with Crippen molar-refractivity contribution in [2.24, 2.45) is 11.8 Å². The number of benzene rings is 2. The Morgan fingerprint density at radius 3 is 2.79 bits per heavy atom. The van der Waals surface area contributed by atoms with Crippen LogP contribution in [0.15, 0.2) is 54.6 Å². The van der Waals surface area contributed by atoms with Crippen molar-refractivity contribution in [1.82, 2.24) is 10.2 Å². The van der Waals surface area contributed by atoms with Gasteiger partial charge in [-0.2, -0.15) is 0 Å². The predicted molar refractivity (Wildman–Crippen MR) is 113 cm³/mol. The molecule has 3 nitrogen and oxygen atoms in total. The molecule has 4 heteroatoms. The van der Waals surface area contributed by atoms with Crippen molar-refractivity contribution in [3.8, 4) is 0 Å². The normalized spacial score (nSPS) is 25.6. The summed E-state index contributed by atoms with van der Waals surface area (Å²) in [6.07, 6.45) is 4.19. The molecule has 1 aliphatic heterocycles. The molecule has 0 radical (unpaired) electrons. The number of carbonyl (C=O) groups excluding carboxylic acids is 1. The van der Waals surface area contributed by atoms with E-state index >= 15 is 0 Å². The number of nitrogens with zero attached hydrogens (tertiary/aromatic N) is 1. The average Bonchev–Trinajstić information content (AvgIpc) is 3.26. The van der Waals surface area contributed by atoms with Gasteiger partial charge >= 0.3 is 0 Å². The van der Waals surface area contributed by atoms with Crippen LogP contribution in [0, 0.1) is 11.8 Å². The molecule has 0 spiro atoms. The predicted octanol–water partition coefficient (Wildman–Crippen LogP) is 4.13. The third-order valence-corrected chi connectivity index (χ3v) is 6.98. The second-order valence-electron chi connectivity index (χ2n) is 8.31. The molecule has 28 heavy (non-hydrogen) atoms. The molecule has 3 atom stereocenters. The Labute approximate surface area is 171 Å². The van der Waals surface area contributed by atoms with E-state index in [1.54, 1.807) is 0 Å². The van der Waals surface area contributed by atoms with Crippen LogP contribution in [0.5, 0.6) is 0 Å². The van der Waals surface area contributed by atoms with Gasteiger partial charge < -0.3 is 10.2 Å². The molecule has 2 fully saturated rings. The third-order valence-electron chi connectivity index (χ3n) is 6.73. The number of amides is 1. The van der Waals surface area contributed by atoms with Crippen LogP contribution in [0.4, 0.5) is 0 Å². The zero-order valence-electron chi connectivity index (χ0n) is 15.9. The molecule has 1 amide bonds. The molecule has 2 aromatic rings. The summed E-state index contributed by atoms with van der Waals surface area (Å²) in [6, 6.07) is 16.5.